The summed E-state index contributed by atoms with van der Waals surface area (Å²) in [7, 11) is 0. The standard InChI is InChI=1S/C13H17N3O5/c1-3-4-15-6-10(8-20-19)21-11(7-15)16-5-9(2)12(17)14-13(16)18/h1,5,10-11,19H,4,6-8H2,2H3,(H,14,17,18). The summed E-state index contributed by atoms with van der Waals surface area (Å²) in [5.74, 6) is 2.53. The van der Waals surface area contributed by atoms with Crippen LogP contribution in [0.25, 0.3) is 0 Å². The quantitative estimate of drug-likeness (QED) is 0.427. The highest BCUT2D eigenvalue weighted by Crippen LogP contribution is 2.18. The second kappa shape index (κ2) is 6.69. The van der Waals surface area contributed by atoms with E-state index >= 15 is 0 Å². The average molecular weight is 295 g/mol. The van der Waals surface area contributed by atoms with Gasteiger partial charge in [-0.3, -0.25) is 24.5 Å². The molecule has 1 aromatic heterocycles. The van der Waals surface area contributed by atoms with E-state index in [9.17, 15) is 9.59 Å². The molecule has 1 saturated heterocycles. The number of nitrogens with zero attached hydrogens (tertiary/aromatic N) is 2. The van der Waals surface area contributed by atoms with Crippen LogP contribution in [0.3, 0.4) is 0 Å². The third-order valence-electron chi connectivity index (χ3n) is 3.26. The van der Waals surface area contributed by atoms with Gasteiger partial charge in [0.1, 0.15) is 6.61 Å². The van der Waals surface area contributed by atoms with E-state index in [1.165, 1.54) is 10.8 Å². The molecule has 1 fully saturated rings. The van der Waals surface area contributed by atoms with Crippen molar-refractivity contribution in [1.82, 2.24) is 14.5 Å². The molecule has 0 aromatic carbocycles. The van der Waals surface area contributed by atoms with E-state index in [0.717, 1.165) is 0 Å². The number of morpholine rings is 1. The van der Waals surface area contributed by atoms with Crippen LogP contribution in [0.4, 0.5) is 0 Å². The Labute approximate surface area is 120 Å². The summed E-state index contributed by atoms with van der Waals surface area (Å²) in [5, 5.41) is 8.57. The highest BCUT2D eigenvalue weighted by molar-refractivity contribution is 5.02. The second-order valence-electron chi connectivity index (χ2n) is 4.89. The van der Waals surface area contributed by atoms with Crippen molar-refractivity contribution in [3.63, 3.8) is 0 Å². The molecule has 0 amide bonds. The van der Waals surface area contributed by atoms with Crippen LogP contribution >= 0.6 is 0 Å². The molecule has 114 valence electrons. The van der Waals surface area contributed by atoms with Crippen molar-refractivity contribution in [2.45, 2.75) is 19.3 Å². The van der Waals surface area contributed by atoms with Crippen molar-refractivity contribution >= 4 is 0 Å². The van der Waals surface area contributed by atoms with Crippen molar-refractivity contribution in [1.29, 1.82) is 0 Å². The number of ether oxygens (including phenoxy) is 1. The van der Waals surface area contributed by atoms with Gasteiger partial charge < -0.3 is 4.74 Å². The summed E-state index contributed by atoms with van der Waals surface area (Å²) in [6.45, 7) is 2.84. The van der Waals surface area contributed by atoms with Crippen LogP contribution in [0, 0.1) is 19.3 Å². The molecular formula is C13H17N3O5. The Balaban J connectivity index is 2.29. The summed E-state index contributed by atoms with van der Waals surface area (Å²) in [6.07, 6.45) is 5.71. The van der Waals surface area contributed by atoms with E-state index in [1.807, 2.05) is 4.90 Å². The molecule has 0 saturated carbocycles. The first kappa shape index (κ1) is 15.5. The smallest absolute Gasteiger partial charge is 0.330 e. The number of terminal acetylenes is 1. The van der Waals surface area contributed by atoms with Crippen LogP contribution < -0.4 is 11.2 Å². The number of hydrogen-bond acceptors (Lipinski definition) is 6. The molecule has 1 aliphatic heterocycles. The molecule has 8 heteroatoms. The lowest BCUT2D eigenvalue weighted by molar-refractivity contribution is -0.273. The lowest BCUT2D eigenvalue weighted by atomic mass is 10.2. The van der Waals surface area contributed by atoms with Gasteiger partial charge in [0.2, 0.25) is 0 Å². The van der Waals surface area contributed by atoms with Gasteiger partial charge in [-0.15, -0.1) is 6.42 Å². The van der Waals surface area contributed by atoms with Crippen LogP contribution in [0.2, 0.25) is 0 Å². The minimum atomic E-state index is -0.615. The molecule has 2 N–H and O–H groups in total. The highest BCUT2D eigenvalue weighted by Gasteiger charge is 2.29. The lowest BCUT2D eigenvalue weighted by Gasteiger charge is -2.37. The first-order valence-corrected chi connectivity index (χ1v) is 6.45. The topological polar surface area (TPSA) is 96.8 Å². The Kier molecular flexibility index (Phi) is 4.93. The van der Waals surface area contributed by atoms with Gasteiger partial charge in [0.15, 0.2) is 6.23 Å². The molecule has 2 heterocycles. The Morgan fingerprint density at radius 1 is 1.57 bits per heavy atom. The van der Waals surface area contributed by atoms with Crippen LogP contribution in [0.1, 0.15) is 11.8 Å². The zero-order chi connectivity index (χ0) is 15.4. The Hall–Kier alpha value is -1.92. The minimum Gasteiger partial charge on any atom is -0.349 e. The summed E-state index contributed by atoms with van der Waals surface area (Å²) >= 11 is 0. The largest absolute Gasteiger partial charge is 0.349 e. The normalized spacial score (nSPS) is 22.9. The van der Waals surface area contributed by atoms with E-state index in [1.54, 1.807) is 6.92 Å². The predicted octanol–water partition coefficient (Wildman–Crippen LogP) is -0.833. The lowest BCUT2D eigenvalue weighted by Crippen LogP contribution is -2.49. The number of rotatable bonds is 4. The summed E-state index contributed by atoms with van der Waals surface area (Å²) in [6, 6.07) is 0. The number of hydrogen-bond donors (Lipinski definition) is 2. The van der Waals surface area contributed by atoms with E-state index < -0.39 is 23.6 Å². The number of aromatic amines is 1. The maximum atomic E-state index is 11.9. The van der Waals surface area contributed by atoms with Gasteiger partial charge in [-0.1, -0.05) is 5.92 Å². The second-order valence-corrected chi connectivity index (χ2v) is 4.89. The number of aromatic nitrogens is 2. The zero-order valence-electron chi connectivity index (χ0n) is 11.6. The molecular weight excluding hydrogens is 278 g/mol. The first-order valence-electron chi connectivity index (χ1n) is 6.45. The summed E-state index contributed by atoms with van der Waals surface area (Å²) in [5.41, 5.74) is -0.577. The fourth-order valence-corrected chi connectivity index (χ4v) is 2.28. The molecule has 21 heavy (non-hydrogen) atoms. The van der Waals surface area contributed by atoms with Crippen molar-refractivity contribution in [2.24, 2.45) is 0 Å². The third-order valence-corrected chi connectivity index (χ3v) is 3.26. The summed E-state index contributed by atoms with van der Waals surface area (Å²) in [4.78, 5) is 31.6. The fraction of sp³-hybridized carbons (Fsp3) is 0.538. The van der Waals surface area contributed by atoms with Crippen molar-refractivity contribution in [3.05, 3.63) is 32.6 Å². The molecule has 1 aliphatic rings. The van der Waals surface area contributed by atoms with Crippen molar-refractivity contribution in [2.75, 3.05) is 26.2 Å². The molecule has 0 bridgehead atoms. The van der Waals surface area contributed by atoms with Crippen LogP contribution in [0.5, 0.6) is 0 Å². The van der Waals surface area contributed by atoms with Gasteiger partial charge in [0, 0.05) is 24.8 Å². The molecule has 0 aliphatic carbocycles. The van der Waals surface area contributed by atoms with Gasteiger partial charge in [-0.05, 0) is 6.92 Å². The predicted molar refractivity (Wildman–Crippen MR) is 73.8 cm³/mol. The van der Waals surface area contributed by atoms with Crippen molar-refractivity contribution in [3.8, 4) is 12.3 Å². The van der Waals surface area contributed by atoms with Crippen LogP contribution in [-0.4, -0.2) is 52.1 Å². The summed E-state index contributed by atoms with van der Waals surface area (Å²) < 4.78 is 7.02. The Morgan fingerprint density at radius 2 is 2.33 bits per heavy atom. The molecule has 0 spiro atoms. The van der Waals surface area contributed by atoms with Crippen LogP contribution in [0.15, 0.2) is 15.8 Å². The van der Waals surface area contributed by atoms with E-state index in [-0.39, 0.29) is 6.61 Å². The average Bonchev–Trinajstić information content (AvgIpc) is 2.43. The van der Waals surface area contributed by atoms with Gasteiger partial charge in [0.25, 0.3) is 5.56 Å². The van der Waals surface area contributed by atoms with E-state index in [4.69, 9.17) is 16.4 Å². The molecule has 0 radical (unpaired) electrons. The maximum Gasteiger partial charge on any atom is 0.330 e. The SMILES string of the molecule is C#CCN1CC(COO)OC(n2cc(C)c(=O)[nH]c2=O)C1. The number of nitrogens with one attached hydrogen (secondary N) is 1. The monoisotopic (exact) mass is 295 g/mol. The van der Waals surface area contributed by atoms with Crippen molar-refractivity contribution < 1.29 is 14.9 Å². The maximum absolute atomic E-state index is 11.9. The zero-order valence-corrected chi connectivity index (χ0v) is 11.6. The van der Waals surface area contributed by atoms with Gasteiger partial charge in [-0.25, -0.2) is 9.68 Å². The first-order chi connectivity index (χ1) is 10.0. The molecule has 2 unspecified atom stereocenters. The minimum absolute atomic E-state index is 0.0331. The van der Waals surface area contributed by atoms with Gasteiger partial charge in [0.05, 0.1) is 12.6 Å². The van der Waals surface area contributed by atoms with Gasteiger partial charge in [-0.2, -0.15) is 0 Å². The van der Waals surface area contributed by atoms with E-state index in [2.05, 4.69) is 15.8 Å². The molecule has 2 atom stereocenters. The fourth-order valence-electron chi connectivity index (χ4n) is 2.28. The Bertz CT molecular complexity index is 644. The van der Waals surface area contributed by atoms with Gasteiger partial charge >= 0.3 is 5.69 Å². The number of aryl methyl sites for hydroxylation is 1. The third kappa shape index (κ3) is 3.59. The highest BCUT2D eigenvalue weighted by atomic mass is 17.1. The van der Waals surface area contributed by atoms with E-state index in [0.29, 0.717) is 25.2 Å². The van der Waals surface area contributed by atoms with Crippen LogP contribution in [-0.2, 0) is 9.62 Å². The molecule has 1 aromatic rings. The Morgan fingerprint density at radius 3 is 3.00 bits per heavy atom. The molecule has 2 rings (SSSR count). The molecule has 8 nitrogen and oxygen atoms in total. The number of H-pyrrole nitrogens is 1.